The van der Waals surface area contributed by atoms with Crippen LogP contribution in [0.25, 0.3) is 0 Å². The molecule has 0 spiro atoms. The Morgan fingerprint density at radius 2 is 1.29 bits per heavy atom. The average Bonchev–Trinajstić information content (AvgIpc) is 2.85. The van der Waals surface area contributed by atoms with E-state index >= 15 is 0 Å². The monoisotopic (exact) mass is 498 g/mol. The van der Waals surface area contributed by atoms with Gasteiger partial charge in [-0.15, -0.1) is 0 Å². The maximum absolute atomic E-state index is 13.0. The molecule has 7 nitrogen and oxygen atoms in total. The van der Waals surface area contributed by atoms with Gasteiger partial charge in [0.15, 0.2) is 6.10 Å². The lowest BCUT2D eigenvalue weighted by Gasteiger charge is -2.18. The Hall–Kier alpha value is -3.68. The summed E-state index contributed by atoms with van der Waals surface area (Å²) in [6.07, 6.45) is -1.21. The molecular formula is C25H20Cl2N2O5. The lowest BCUT2D eigenvalue weighted by Crippen LogP contribution is -2.39. The Morgan fingerprint density at radius 3 is 1.91 bits per heavy atom. The van der Waals surface area contributed by atoms with Crippen molar-refractivity contribution in [1.82, 2.24) is 10.6 Å². The highest BCUT2D eigenvalue weighted by Gasteiger charge is 2.26. The number of ketones is 1. The van der Waals surface area contributed by atoms with Crippen LogP contribution in [0, 0.1) is 0 Å². The highest BCUT2D eigenvalue weighted by atomic mass is 35.5. The van der Waals surface area contributed by atoms with Crippen molar-refractivity contribution in [2.75, 3.05) is 13.1 Å². The molecule has 3 aromatic carbocycles. The fourth-order valence-electron chi connectivity index (χ4n) is 2.93. The fraction of sp³-hybridized carbons (Fsp3) is 0.120. The van der Waals surface area contributed by atoms with Crippen LogP contribution < -0.4 is 10.6 Å². The zero-order valence-electron chi connectivity index (χ0n) is 17.8. The number of rotatable bonds is 9. The van der Waals surface area contributed by atoms with Gasteiger partial charge in [0.25, 0.3) is 5.91 Å². The number of carbonyl (C=O) groups excluding carboxylic acids is 4. The second-order valence-corrected chi connectivity index (χ2v) is 7.99. The third-order valence-electron chi connectivity index (χ3n) is 4.66. The maximum Gasteiger partial charge on any atom is 0.326 e. The molecule has 34 heavy (non-hydrogen) atoms. The fourth-order valence-corrected chi connectivity index (χ4v) is 3.19. The Labute approximate surface area is 206 Å². The molecular weight excluding hydrogens is 479 g/mol. The molecule has 174 valence electrons. The lowest BCUT2D eigenvalue weighted by atomic mass is 10.00. The summed E-state index contributed by atoms with van der Waals surface area (Å²) in [4.78, 5) is 49.5. The third kappa shape index (κ3) is 7.16. The molecule has 0 aromatic heterocycles. The van der Waals surface area contributed by atoms with Crippen LogP contribution in [0.2, 0.25) is 10.0 Å². The van der Waals surface area contributed by atoms with E-state index in [1.165, 1.54) is 12.1 Å². The Bertz CT molecular complexity index is 1170. The zero-order valence-corrected chi connectivity index (χ0v) is 19.3. The number of ether oxygens (including phenoxy) is 1. The third-order valence-corrected chi connectivity index (χ3v) is 5.17. The first-order valence-corrected chi connectivity index (χ1v) is 10.9. The molecule has 0 fully saturated rings. The van der Waals surface area contributed by atoms with Crippen molar-refractivity contribution in [3.05, 3.63) is 106 Å². The van der Waals surface area contributed by atoms with Crippen LogP contribution in [0.1, 0.15) is 32.4 Å². The number of benzene rings is 3. The summed E-state index contributed by atoms with van der Waals surface area (Å²) in [5, 5.41) is 5.75. The van der Waals surface area contributed by atoms with Crippen molar-refractivity contribution in [3.8, 4) is 0 Å². The van der Waals surface area contributed by atoms with E-state index in [2.05, 4.69) is 10.6 Å². The summed E-state index contributed by atoms with van der Waals surface area (Å²) in [7, 11) is 0. The van der Waals surface area contributed by atoms with Crippen LogP contribution in [0.15, 0.2) is 78.9 Å². The molecule has 0 aliphatic rings. The highest BCUT2D eigenvalue weighted by Crippen LogP contribution is 2.24. The van der Waals surface area contributed by atoms with Gasteiger partial charge in [-0.1, -0.05) is 65.7 Å². The van der Waals surface area contributed by atoms with Crippen molar-refractivity contribution in [2.24, 2.45) is 0 Å². The Morgan fingerprint density at radius 1 is 0.706 bits per heavy atom. The van der Waals surface area contributed by atoms with Crippen LogP contribution in [0.4, 0.5) is 0 Å². The number of halogens is 2. The number of carbonyl (C=O) groups is 4. The molecule has 1 atom stereocenters. The second-order valence-electron chi connectivity index (χ2n) is 7.12. The van der Waals surface area contributed by atoms with Crippen molar-refractivity contribution in [3.63, 3.8) is 0 Å². The minimum atomic E-state index is -1.21. The molecule has 0 radical (unpaired) electrons. The highest BCUT2D eigenvalue weighted by molar-refractivity contribution is 6.30. The molecule has 0 aliphatic carbocycles. The van der Waals surface area contributed by atoms with Crippen LogP contribution in [-0.4, -0.2) is 36.7 Å². The summed E-state index contributed by atoms with van der Waals surface area (Å²) in [5.41, 5.74) is 1.14. The molecule has 0 unspecified atom stereocenters. The predicted octanol–water partition coefficient (Wildman–Crippen LogP) is 4.01. The predicted molar refractivity (Wildman–Crippen MR) is 128 cm³/mol. The normalized spacial score (nSPS) is 11.2. The van der Waals surface area contributed by atoms with Crippen LogP contribution in [0.3, 0.4) is 0 Å². The molecule has 2 amide bonds. The molecule has 0 saturated heterocycles. The first-order valence-electron chi connectivity index (χ1n) is 10.2. The van der Waals surface area contributed by atoms with Gasteiger partial charge in [-0.3, -0.25) is 19.2 Å². The molecule has 0 saturated carbocycles. The van der Waals surface area contributed by atoms with Crippen LogP contribution >= 0.6 is 23.2 Å². The lowest BCUT2D eigenvalue weighted by molar-refractivity contribution is -0.147. The number of hydrogen-bond donors (Lipinski definition) is 2. The van der Waals surface area contributed by atoms with E-state index in [0.717, 1.165) is 0 Å². The molecule has 0 aliphatic heterocycles. The first-order chi connectivity index (χ1) is 16.3. The standard InChI is InChI=1S/C25H20Cl2N2O5/c26-19-10-6-17(7-11-19)24(23(32)16-4-2-1-3-5-16)34-22(31)15-28-21(30)14-29-25(33)18-8-12-20(27)13-9-18/h1-13,24H,14-15H2,(H,28,30)(H,29,33)/t24-/m0/s1. The molecule has 2 N–H and O–H groups in total. The summed E-state index contributed by atoms with van der Waals surface area (Å²) < 4.78 is 5.40. The number of esters is 1. The minimum absolute atomic E-state index is 0.335. The number of amides is 2. The molecule has 3 rings (SSSR count). The van der Waals surface area contributed by atoms with Gasteiger partial charge in [0.2, 0.25) is 11.7 Å². The summed E-state index contributed by atoms with van der Waals surface area (Å²) in [6, 6.07) is 20.9. The van der Waals surface area contributed by atoms with Gasteiger partial charge in [-0.2, -0.15) is 0 Å². The van der Waals surface area contributed by atoms with Gasteiger partial charge in [0.1, 0.15) is 6.54 Å². The van der Waals surface area contributed by atoms with Gasteiger partial charge < -0.3 is 15.4 Å². The molecule has 0 heterocycles. The summed E-state index contributed by atoms with van der Waals surface area (Å²) in [5.74, 6) is -2.30. The largest absolute Gasteiger partial charge is 0.448 e. The first kappa shape index (κ1) is 25.0. The Kier molecular flexibility index (Phi) is 8.79. The SMILES string of the molecule is O=C(CNC(=O)c1ccc(Cl)cc1)NCC(=O)O[C@H](C(=O)c1ccccc1)c1ccc(Cl)cc1. The van der Waals surface area contributed by atoms with E-state index < -0.39 is 36.2 Å². The van der Waals surface area contributed by atoms with E-state index in [-0.39, 0.29) is 6.54 Å². The second kappa shape index (κ2) is 12.0. The van der Waals surface area contributed by atoms with Gasteiger partial charge in [0, 0.05) is 26.7 Å². The number of Topliss-reactive ketones (excluding diaryl/α,β-unsaturated/α-hetero) is 1. The summed E-state index contributed by atoms with van der Waals surface area (Å²) in [6.45, 7) is -0.833. The molecule has 9 heteroatoms. The number of hydrogen-bond acceptors (Lipinski definition) is 5. The zero-order chi connectivity index (χ0) is 24.5. The molecule has 0 bridgehead atoms. The van der Waals surface area contributed by atoms with Crippen LogP contribution in [-0.2, 0) is 14.3 Å². The van der Waals surface area contributed by atoms with E-state index in [1.54, 1.807) is 66.7 Å². The van der Waals surface area contributed by atoms with Crippen molar-refractivity contribution >= 4 is 46.8 Å². The minimum Gasteiger partial charge on any atom is -0.448 e. The topological polar surface area (TPSA) is 102 Å². The van der Waals surface area contributed by atoms with E-state index in [4.69, 9.17) is 27.9 Å². The van der Waals surface area contributed by atoms with Gasteiger partial charge >= 0.3 is 5.97 Å². The van der Waals surface area contributed by atoms with Crippen molar-refractivity contribution in [2.45, 2.75) is 6.10 Å². The molecule has 3 aromatic rings. The smallest absolute Gasteiger partial charge is 0.326 e. The van der Waals surface area contributed by atoms with E-state index in [1.807, 2.05) is 0 Å². The van der Waals surface area contributed by atoms with Crippen molar-refractivity contribution in [1.29, 1.82) is 0 Å². The average molecular weight is 499 g/mol. The van der Waals surface area contributed by atoms with E-state index in [9.17, 15) is 19.2 Å². The van der Waals surface area contributed by atoms with Crippen molar-refractivity contribution < 1.29 is 23.9 Å². The van der Waals surface area contributed by atoms with Gasteiger partial charge in [-0.25, -0.2) is 0 Å². The number of nitrogens with one attached hydrogen (secondary N) is 2. The summed E-state index contributed by atoms with van der Waals surface area (Å²) >= 11 is 11.7. The van der Waals surface area contributed by atoms with Gasteiger partial charge in [0.05, 0.1) is 6.54 Å². The maximum atomic E-state index is 13.0. The van der Waals surface area contributed by atoms with Crippen LogP contribution in [0.5, 0.6) is 0 Å². The quantitative estimate of drug-likeness (QED) is 0.342. The van der Waals surface area contributed by atoms with Gasteiger partial charge in [-0.05, 0) is 36.4 Å². The van der Waals surface area contributed by atoms with E-state index in [0.29, 0.717) is 26.7 Å². The Balaban J connectivity index is 1.57.